The van der Waals surface area contributed by atoms with Gasteiger partial charge in [-0.05, 0) is 44.7 Å². The molecular formula is C18H26F3N3O. The molecule has 2 saturated heterocycles. The molecule has 2 aliphatic heterocycles. The molecule has 1 aromatic rings. The quantitative estimate of drug-likeness (QED) is 0.829. The summed E-state index contributed by atoms with van der Waals surface area (Å²) in [4.78, 5) is 8.56. The molecule has 3 rings (SSSR count). The van der Waals surface area contributed by atoms with E-state index in [9.17, 15) is 13.2 Å². The number of hydrogen-bond acceptors (Lipinski definition) is 4. The molecule has 0 aliphatic carbocycles. The minimum atomic E-state index is -4.32. The number of hydrogen-bond donors (Lipinski definition) is 0. The van der Waals surface area contributed by atoms with E-state index < -0.39 is 11.7 Å². The van der Waals surface area contributed by atoms with Crippen LogP contribution in [0.15, 0.2) is 18.3 Å². The Morgan fingerprint density at radius 3 is 2.40 bits per heavy atom. The van der Waals surface area contributed by atoms with Crippen molar-refractivity contribution >= 4 is 5.82 Å². The summed E-state index contributed by atoms with van der Waals surface area (Å²) in [5, 5.41) is 0. The molecule has 1 aromatic heterocycles. The minimum absolute atomic E-state index is 0.262. The van der Waals surface area contributed by atoms with Crippen molar-refractivity contribution < 1.29 is 17.9 Å². The number of anilines is 1. The van der Waals surface area contributed by atoms with Gasteiger partial charge in [0.15, 0.2) is 0 Å². The number of pyridine rings is 1. The lowest BCUT2D eigenvalue weighted by Crippen LogP contribution is -2.48. The van der Waals surface area contributed by atoms with Crippen molar-refractivity contribution in [1.82, 2.24) is 9.88 Å². The Balaban J connectivity index is 1.54. The largest absolute Gasteiger partial charge is 0.416 e. The van der Waals surface area contributed by atoms with Crippen LogP contribution in [0.2, 0.25) is 0 Å². The summed E-state index contributed by atoms with van der Waals surface area (Å²) in [6.07, 6.45) is -0.576. The van der Waals surface area contributed by atoms with Gasteiger partial charge >= 0.3 is 6.18 Å². The van der Waals surface area contributed by atoms with Crippen LogP contribution in [0.4, 0.5) is 19.0 Å². The lowest BCUT2D eigenvalue weighted by Gasteiger charge is -2.39. The molecule has 7 heteroatoms. The topological polar surface area (TPSA) is 28.6 Å². The maximum atomic E-state index is 12.9. The van der Waals surface area contributed by atoms with Gasteiger partial charge in [0.2, 0.25) is 0 Å². The van der Waals surface area contributed by atoms with Crippen LogP contribution in [-0.2, 0) is 10.9 Å². The third-order valence-corrected chi connectivity index (χ3v) is 5.02. The van der Waals surface area contributed by atoms with Crippen molar-refractivity contribution in [3.05, 3.63) is 23.9 Å². The van der Waals surface area contributed by atoms with E-state index in [-0.39, 0.29) is 12.2 Å². The predicted molar refractivity (Wildman–Crippen MR) is 90.6 cm³/mol. The summed E-state index contributed by atoms with van der Waals surface area (Å²) in [7, 11) is 0. The second-order valence-electron chi connectivity index (χ2n) is 7.31. The van der Waals surface area contributed by atoms with Crippen LogP contribution < -0.4 is 4.90 Å². The Labute approximate surface area is 147 Å². The van der Waals surface area contributed by atoms with Crippen LogP contribution in [0.25, 0.3) is 0 Å². The molecule has 0 aromatic carbocycles. The summed E-state index contributed by atoms with van der Waals surface area (Å²) < 4.78 is 44.3. The van der Waals surface area contributed by atoms with Crippen LogP contribution >= 0.6 is 0 Å². The van der Waals surface area contributed by atoms with E-state index in [0.29, 0.717) is 11.7 Å². The molecule has 0 bridgehead atoms. The number of halogens is 3. The summed E-state index contributed by atoms with van der Waals surface area (Å²) in [6, 6.07) is 2.18. The highest BCUT2D eigenvalue weighted by molar-refractivity contribution is 5.42. The molecule has 0 radical (unpaired) electrons. The monoisotopic (exact) mass is 357 g/mol. The number of aromatic nitrogens is 1. The lowest BCUT2D eigenvalue weighted by atomic mass is 9.95. The van der Waals surface area contributed by atoms with E-state index in [2.05, 4.69) is 23.7 Å². The van der Waals surface area contributed by atoms with E-state index in [1.54, 1.807) is 0 Å². The van der Waals surface area contributed by atoms with Gasteiger partial charge in [-0.25, -0.2) is 4.98 Å². The molecule has 0 spiro atoms. The average Bonchev–Trinajstić information content (AvgIpc) is 2.54. The standard InChI is InChI=1S/C18H26F3N3O/c1-13-10-23(11-14(2)25-13)12-15-4-7-24(8-5-15)17-9-16(3-6-22-17)18(19,20)21/h3,6,9,13-15H,4-5,7-8,10-12H2,1-2H3. The lowest BCUT2D eigenvalue weighted by molar-refractivity contribution is -0.137. The maximum Gasteiger partial charge on any atom is 0.416 e. The Morgan fingerprint density at radius 1 is 1.16 bits per heavy atom. The Bertz CT molecular complexity index is 563. The van der Waals surface area contributed by atoms with Gasteiger partial charge in [0, 0.05) is 38.9 Å². The first kappa shape index (κ1) is 18.5. The smallest absolute Gasteiger partial charge is 0.373 e. The molecule has 2 fully saturated rings. The summed E-state index contributed by atoms with van der Waals surface area (Å²) in [5.41, 5.74) is -0.629. The molecule has 25 heavy (non-hydrogen) atoms. The van der Waals surface area contributed by atoms with E-state index in [1.807, 2.05) is 4.90 Å². The van der Waals surface area contributed by atoms with Gasteiger partial charge in [0.1, 0.15) is 5.82 Å². The number of rotatable bonds is 3. The van der Waals surface area contributed by atoms with Crippen LogP contribution in [0.3, 0.4) is 0 Å². The molecule has 2 aliphatic rings. The second kappa shape index (κ2) is 7.50. The zero-order valence-corrected chi connectivity index (χ0v) is 14.8. The molecule has 140 valence electrons. The predicted octanol–water partition coefficient (Wildman–Crippen LogP) is 3.43. The average molecular weight is 357 g/mol. The molecule has 2 unspecified atom stereocenters. The second-order valence-corrected chi connectivity index (χ2v) is 7.31. The fourth-order valence-corrected chi connectivity index (χ4v) is 3.91. The molecule has 3 heterocycles. The van der Waals surface area contributed by atoms with E-state index in [1.165, 1.54) is 6.20 Å². The number of nitrogens with zero attached hydrogens (tertiary/aromatic N) is 3. The van der Waals surface area contributed by atoms with Crippen LogP contribution in [0.5, 0.6) is 0 Å². The third-order valence-electron chi connectivity index (χ3n) is 5.02. The van der Waals surface area contributed by atoms with Gasteiger partial charge in [-0.1, -0.05) is 0 Å². The van der Waals surface area contributed by atoms with Gasteiger partial charge in [0.25, 0.3) is 0 Å². The normalized spacial score (nSPS) is 26.8. The van der Waals surface area contributed by atoms with Crippen LogP contribution in [-0.4, -0.2) is 54.8 Å². The SMILES string of the molecule is CC1CN(CC2CCN(c3cc(C(F)(F)F)ccn3)CC2)CC(C)O1. The zero-order valence-electron chi connectivity index (χ0n) is 14.8. The Morgan fingerprint density at radius 2 is 1.80 bits per heavy atom. The van der Waals surface area contributed by atoms with Gasteiger partial charge in [-0.3, -0.25) is 4.90 Å². The number of ether oxygens (including phenoxy) is 1. The van der Waals surface area contributed by atoms with Gasteiger partial charge in [-0.2, -0.15) is 13.2 Å². The van der Waals surface area contributed by atoms with Crippen molar-refractivity contribution in [3.8, 4) is 0 Å². The van der Waals surface area contributed by atoms with Crippen LogP contribution in [0.1, 0.15) is 32.3 Å². The zero-order chi connectivity index (χ0) is 18.0. The Kier molecular flexibility index (Phi) is 5.53. The maximum absolute atomic E-state index is 12.9. The highest BCUT2D eigenvalue weighted by atomic mass is 19.4. The highest BCUT2D eigenvalue weighted by Gasteiger charge is 2.32. The summed E-state index contributed by atoms with van der Waals surface area (Å²) in [6.45, 7) is 8.68. The molecular weight excluding hydrogens is 331 g/mol. The van der Waals surface area contributed by atoms with Crippen molar-refractivity contribution in [3.63, 3.8) is 0 Å². The van der Waals surface area contributed by atoms with Gasteiger partial charge < -0.3 is 9.64 Å². The fraction of sp³-hybridized carbons (Fsp3) is 0.722. The van der Waals surface area contributed by atoms with Crippen molar-refractivity contribution in [2.24, 2.45) is 5.92 Å². The van der Waals surface area contributed by atoms with E-state index >= 15 is 0 Å². The molecule has 4 nitrogen and oxygen atoms in total. The molecule has 0 saturated carbocycles. The minimum Gasteiger partial charge on any atom is -0.373 e. The molecule has 0 amide bonds. The summed E-state index contributed by atoms with van der Waals surface area (Å²) in [5.74, 6) is 1.02. The van der Waals surface area contributed by atoms with E-state index in [4.69, 9.17) is 4.74 Å². The first-order valence-corrected chi connectivity index (χ1v) is 8.97. The molecule has 0 N–H and O–H groups in total. The number of alkyl halides is 3. The van der Waals surface area contributed by atoms with E-state index in [0.717, 1.165) is 57.7 Å². The Hall–Kier alpha value is -1.34. The van der Waals surface area contributed by atoms with Gasteiger partial charge in [0.05, 0.1) is 17.8 Å². The number of piperidine rings is 1. The number of morpholine rings is 1. The van der Waals surface area contributed by atoms with Crippen molar-refractivity contribution in [1.29, 1.82) is 0 Å². The summed E-state index contributed by atoms with van der Waals surface area (Å²) >= 11 is 0. The fourth-order valence-electron chi connectivity index (χ4n) is 3.91. The molecule has 2 atom stereocenters. The third kappa shape index (κ3) is 4.85. The first-order chi connectivity index (χ1) is 11.8. The van der Waals surface area contributed by atoms with Gasteiger partial charge in [-0.15, -0.1) is 0 Å². The first-order valence-electron chi connectivity index (χ1n) is 8.97. The van der Waals surface area contributed by atoms with Crippen LogP contribution in [0, 0.1) is 5.92 Å². The highest BCUT2D eigenvalue weighted by Crippen LogP contribution is 2.32. The van der Waals surface area contributed by atoms with Crippen molar-refractivity contribution in [2.45, 2.75) is 45.1 Å². The van der Waals surface area contributed by atoms with Crippen molar-refractivity contribution in [2.75, 3.05) is 37.6 Å².